The molecule has 2 N–H and O–H groups in total. The summed E-state index contributed by atoms with van der Waals surface area (Å²) in [5.41, 5.74) is 0.937. The predicted octanol–water partition coefficient (Wildman–Crippen LogP) is 2.05. The lowest BCUT2D eigenvalue weighted by Gasteiger charge is -2.07. The van der Waals surface area contributed by atoms with Gasteiger partial charge in [0.25, 0.3) is 0 Å². The van der Waals surface area contributed by atoms with Crippen molar-refractivity contribution in [3.8, 4) is 17.3 Å². The van der Waals surface area contributed by atoms with Crippen molar-refractivity contribution in [1.29, 1.82) is 0 Å². The average molecular weight is 417 g/mol. The van der Waals surface area contributed by atoms with E-state index in [2.05, 4.69) is 31.1 Å². The van der Waals surface area contributed by atoms with Gasteiger partial charge >= 0.3 is 0 Å². The SMILES string of the molecule is CCn1c(SCC(=O)Nc2ccc(OC)cc2)nnc1-c1nonc1NC(C)=O. The van der Waals surface area contributed by atoms with Crippen molar-refractivity contribution in [3.63, 3.8) is 0 Å². The summed E-state index contributed by atoms with van der Waals surface area (Å²) in [6.45, 7) is 3.78. The summed E-state index contributed by atoms with van der Waals surface area (Å²) in [5.74, 6) is 0.898. The number of hydrogen-bond donors (Lipinski definition) is 2. The summed E-state index contributed by atoms with van der Waals surface area (Å²) in [6, 6.07) is 7.05. The van der Waals surface area contributed by atoms with E-state index in [-0.39, 0.29) is 29.1 Å². The van der Waals surface area contributed by atoms with Gasteiger partial charge < -0.3 is 19.9 Å². The summed E-state index contributed by atoms with van der Waals surface area (Å²) >= 11 is 1.23. The van der Waals surface area contributed by atoms with E-state index in [9.17, 15) is 9.59 Å². The number of hydrogen-bond acceptors (Lipinski definition) is 9. The molecule has 2 amide bonds. The number of ether oxygens (including phenoxy) is 1. The highest BCUT2D eigenvalue weighted by Crippen LogP contribution is 2.27. The first kappa shape index (κ1) is 20.3. The van der Waals surface area contributed by atoms with E-state index >= 15 is 0 Å². The highest BCUT2D eigenvalue weighted by atomic mass is 32.2. The van der Waals surface area contributed by atoms with Crippen LogP contribution in [0.2, 0.25) is 0 Å². The van der Waals surface area contributed by atoms with Crippen molar-refractivity contribution < 1.29 is 19.0 Å². The topological polar surface area (TPSA) is 137 Å². The van der Waals surface area contributed by atoms with Crippen molar-refractivity contribution in [2.24, 2.45) is 0 Å². The van der Waals surface area contributed by atoms with Gasteiger partial charge in [0, 0.05) is 19.2 Å². The van der Waals surface area contributed by atoms with Gasteiger partial charge in [-0.15, -0.1) is 10.2 Å². The number of benzene rings is 1. The van der Waals surface area contributed by atoms with Gasteiger partial charge in [-0.2, -0.15) is 0 Å². The Bertz CT molecular complexity index is 1000. The Morgan fingerprint density at radius 2 is 1.93 bits per heavy atom. The average Bonchev–Trinajstić information content (AvgIpc) is 3.32. The number of anilines is 2. The number of rotatable bonds is 8. The first-order valence-electron chi connectivity index (χ1n) is 8.62. The second-order valence-corrected chi connectivity index (χ2v) is 6.70. The normalized spacial score (nSPS) is 10.6. The maximum Gasteiger partial charge on any atom is 0.234 e. The van der Waals surface area contributed by atoms with Crippen LogP contribution in [0.15, 0.2) is 34.1 Å². The molecule has 0 radical (unpaired) electrons. The fraction of sp³-hybridized carbons (Fsp3) is 0.294. The summed E-state index contributed by atoms with van der Waals surface area (Å²) in [4.78, 5) is 23.5. The Kier molecular flexibility index (Phi) is 6.44. The van der Waals surface area contributed by atoms with E-state index in [1.54, 1.807) is 35.9 Å². The largest absolute Gasteiger partial charge is 0.497 e. The van der Waals surface area contributed by atoms with E-state index in [1.807, 2.05) is 6.92 Å². The maximum absolute atomic E-state index is 12.2. The standard InChI is InChI=1S/C17H19N7O4S/c1-4-24-16(14-15(18-10(2)25)23-28-22-14)20-21-17(24)29-9-13(26)19-11-5-7-12(27-3)8-6-11/h5-8H,4,9H2,1-3H3,(H,19,26)(H,18,23,25). The van der Waals surface area contributed by atoms with Crippen molar-refractivity contribution in [2.45, 2.75) is 25.5 Å². The molecule has 12 heteroatoms. The number of thioether (sulfide) groups is 1. The predicted molar refractivity (Wildman–Crippen MR) is 106 cm³/mol. The van der Waals surface area contributed by atoms with Crippen LogP contribution in [0, 0.1) is 0 Å². The molecule has 1 aromatic carbocycles. The number of aromatic nitrogens is 5. The van der Waals surface area contributed by atoms with Crippen LogP contribution in [0.25, 0.3) is 11.5 Å². The molecule has 3 aromatic rings. The first-order valence-corrected chi connectivity index (χ1v) is 9.60. The number of nitrogens with one attached hydrogen (secondary N) is 2. The molecule has 3 rings (SSSR count). The first-order chi connectivity index (χ1) is 14.0. The van der Waals surface area contributed by atoms with E-state index < -0.39 is 0 Å². The Morgan fingerprint density at radius 1 is 1.17 bits per heavy atom. The molecule has 152 valence electrons. The lowest BCUT2D eigenvalue weighted by atomic mass is 10.3. The zero-order chi connectivity index (χ0) is 20.8. The van der Waals surface area contributed by atoms with Gasteiger partial charge in [0.2, 0.25) is 17.6 Å². The van der Waals surface area contributed by atoms with Crippen LogP contribution in [0.4, 0.5) is 11.5 Å². The fourth-order valence-corrected chi connectivity index (χ4v) is 3.24. The zero-order valence-electron chi connectivity index (χ0n) is 16.0. The van der Waals surface area contributed by atoms with Gasteiger partial charge in [-0.1, -0.05) is 11.8 Å². The molecule has 0 unspecified atom stereocenters. The molecule has 0 saturated carbocycles. The second-order valence-electron chi connectivity index (χ2n) is 5.76. The minimum atomic E-state index is -0.311. The van der Waals surface area contributed by atoms with Crippen molar-refractivity contribution in [1.82, 2.24) is 25.1 Å². The van der Waals surface area contributed by atoms with Crippen LogP contribution in [0.3, 0.4) is 0 Å². The van der Waals surface area contributed by atoms with Gasteiger partial charge in [-0.25, -0.2) is 4.63 Å². The third-order valence-corrected chi connectivity index (χ3v) is 4.70. The molecular formula is C17H19N7O4S. The molecule has 0 aliphatic heterocycles. The third kappa shape index (κ3) is 4.90. The van der Waals surface area contributed by atoms with Gasteiger partial charge in [-0.3, -0.25) is 9.59 Å². The van der Waals surface area contributed by atoms with Gasteiger partial charge in [-0.05, 0) is 41.5 Å². The van der Waals surface area contributed by atoms with Crippen molar-refractivity contribution in [2.75, 3.05) is 23.5 Å². The lowest BCUT2D eigenvalue weighted by molar-refractivity contribution is -0.114. The molecule has 0 fully saturated rings. The quantitative estimate of drug-likeness (QED) is 0.527. The number of methoxy groups -OCH3 is 1. The van der Waals surface area contributed by atoms with Crippen molar-refractivity contribution in [3.05, 3.63) is 24.3 Å². The maximum atomic E-state index is 12.2. The van der Waals surface area contributed by atoms with E-state index in [0.717, 1.165) is 0 Å². The summed E-state index contributed by atoms with van der Waals surface area (Å²) in [5, 5.41) is 21.6. The fourth-order valence-electron chi connectivity index (χ4n) is 2.44. The molecule has 0 aliphatic rings. The third-order valence-electron chi connectivity index (χ3n) is 3.73. The minimum absolute atomic E-state index is 0.139. The molecule has 29 heavy (non-hydrogen) atoms. The second kappa shape index (κ2) is 9.19. The van der Waals surface area contributed by atoms with Crippen LogP contribution in [0.1, 0.15) is 13.8 Å². The summed E-state index contributed by atoms with van der Waals surface area (Å²) < 4.78 is 11.6. The number of amides is 2. The van der Waals surface area contributed by atoms with Gasteiger partial charge in [0.1, 0.15) is 5.75 Å². The summed E-state index contributed by atoms with van der Waals surface area (Å²) in [7, 11) is 1.58. The number of carbonyl (C=O) groups is 2. The Balaban J connectivity index is 1.68. The highest BCUT2D eigenvalue weighted by molar-refractivity contribution is 7.99. The molecule has 0 atom stereocenters. The van der Waals surface area contributed by atoms with Crippen LogP contribution in [-0.4, -0.2) is 49.8 Å². The van der Waals surface area contributed by atoms with Gasteiger partial charge in [0.05, 0.1) is 12.9 Å². The molecule has 0 aliphatic carbocycles. The monoisotopic (exact) mass is 417 g/mol. The minimum Gasteiger partial charge on any atom is -0.497 e. The number of nitrogens with zero attached hydrogens (tertiary/aromatic N) is 5. The Morgan fingerprint density at radius 3 is 2.59 bits per heavy atom. The Hall–Kier alpha value is -3.41. The Labute approximate surface area is 170 Å². The van der Waals surface area contributed by atoms with Crippen LogP contribution >= 0.6 is 11.8 Å². The van der Waals surface area contributed by atoms with Crippen LogP contribution < -0.4 is 15.4 Å². The molecule has 11 nitrogen and oxygen atoms in total. The molecule has 0 spiro atoms. The van der Waals surface area contributed by atoms with Crippen LogP contribution in [-0.2, 0) is 16.1 Å². The molecular weight excluding hydrogens is 398 g/mol. The van der Waals surface area contributed by atoms with Crippen molar-refractivity contribution >= 4 is 35.1 Å². The van der Waals surface area contributed by atoms with Crippen LogP contribution in [0.5, 0.6) is 5.75 Å². The van der Waals surface area contributed by atoms with E-state index in [1.165, 1.54) is 18.7 Å². The zero-order valence-corrected chi connectivity index (χ0v) is 16.8. The lowest BCUT2D eigenvalue weighted by Crippen LogP contribution is -2.14. The molecule has 0 bridgehead atoms. The molecule has 0 saturated heterocycles. The number of carbonyl (C=O) groups excluding carboxylic acids is 2. The molecule has 2 aromatic heterocycles. The van der Waals surface area contributed by atoms with E-state index in [4.69, 9.17) is 9.37 Å². The smallest absolute Gasteiger partial charge is 0.234 e. The van der Waals surface area contributed by atoms with Gasteiger partial charge in [0.15, 0.2) is 16.7 Å². The summed E-state index contributed by atoms with van der Waals surface area (Å²) in [6.07, 6.45) is 0. The van der Waals surface area contributed by atoms with E-state index in [0.29, 0.717) is 29.0 Å². The molecule has 2 heterocycles. The highest BCUT2D eigenvalue weighted by Gasteiger charge is 2.22.